The molecule has 0 saturated carbocycles. The summed E-state index contributed by atoms with van der Waals surface area (Å²) in [7, 11) is 1.79. The second-order valence-corrected chi connectivity index (χ2v) is 5.70. The van der Waals surface area contributed by atoms with Gasteiger partial charge in [-0.1, -0.05) is 6.07 Å². The average Bonchev–Trinajstić information content (AvgIpc) is 2.61. The molecule has 0 radical (unpaired) electrons. The molecule has 140 valence electrons. The van der Waals surface area contributed by atoms with Crippen LogP contribution in [-0.4, -0.2) is 73.2 Å². The lowest BCUT2D eigenvalue weighted by atomic mass is 10.2. The van der Waals surface area contributed by atoms with Crippen LogP contribution in [0.15, 0.2) is 23.3 Å². The Labute approximate surface area is 166 Å². The average molecular weight is 461 g/mol. The van der Waals surface area contributed by atoms with Crippen LogP contribution >= 0.6 is 24.0 Å². The van der Waals surface area contributed by atoms with Crippen molar-refractivity contribution in [3.8, 4) is 0 Å². The number of aromatic nitrogens is 1. The second kappa shape index (κ2) is 11.1. The number of nitrogens with zero attached hydrogens (tertiary/aromatic N) is 4. The number of pyridine rings is 1. The van der Waals surface area contributed by atoms with Gasteiger partial charge in [-0.15, -0.1) is 24.0 Å². The fourth-order valence-electron chi connectivity index (χ4n) is 2.61. The van der Waals surface area contributed by atoms with Gasteiger partial charge in [0, 0.05) is 51.7 Å². The Bertz CT molecular complexity index is 557. The fraction of sp³-hybridized carbons (Fsp3) is 0.588. The molecular weight excluding hydrogens is 433 g/mol. The summed E-state index contributed by atoms with van der Waals surface area (Å²) in [6.07, 6.45) is 2.58. The maximum Gasteiger partial charge on any atom is 0.409 e. The minimum atomic E-state index is -0.230. The highest BCUT2D eigenvalue weighted by Crippen LogP contribution is 2.05. The van der Waals surface area contributed by atoms with Gasteiger partial charge in [-0.3, -0.25) is 9.98 Å². The summed E-state index contributed by atoms with van der Waals surface area (Å²) >= 11 is 0. The molecular formula is C17H28IN5O2. The number of amides is 1. The standard InChI is InChI=1S/C17H27N5O2.HI/c1-4-24-17(23)22-11-9-21(10-12-22)16(18-3)19-8-7-15-6-5-14(2)20-13-15;/h5-6,13H,4,7-12H2,1-3H3,(H,18,19);1H. The van der Waals surface area contributed by atoms with Crippen molar-refractivity contribution in [2.45, 2.75) is 20.3 Å². The number of nitrogens with one attached hydrogen (secondary N) is 1. The van der Waals surface area contributed by atoms with Gasteiger partial charge in [0.15, 0.2) is 5.96 Å². The van der Waals surface area contributed by atoms with Crippen molar-refractivity contribution in [3.63, 3.8) is 0 Å². The first-order chi connectivity index (χ1) is 11.6. The summed E-state index contributed by atoms with van der Waals surface area (Å²) in [5.74, 6) is 0.874. The number of hydrogen-bond acceptors (Lipinski definition) is 4. The maximum atomic E-state index is 11.7. The maximum absolute atomic E-state index is 11.7. The predicted molar refractivity (Wildman–Crippen MR) is 110 cm³/mol. The molecule has 7 nitrogen and oxygen atoms in total. The number of halogens is 1. The Morgan fingerprint density at radius 1 is 1.28 bits per heavy atom. The van der Waals surface area contributed by atoms with Gasteiger partial charge in [0.05, 0.1) is 6.61 Å². The van der Waals surface area contributed by atoms with E-state index in [0.717, 1.165) is 37.7 Å². The summed E-state index contributed by atoms with van der Waals surface area (Å²) in [5, 5.41) is 3.38. The van der Waals surface area contributed by atoms with Crippen LogP contribution in [0.3, 0.4) is 0 Å². The Balaban J connectivity index is 0.00000312. The van der Waals surface area contributed by atoms with Gasteiger partial charge >= 0.3 is 6.09 Å². The van der Waals surface area contributed by atoms with Crippen LogP contribution in [0.4, 0.5) is 4.79 Å². The van der Waals surface area contributed by atoms with E-state index in [1.165, 1.54) is 5.56 Å². The third-order valence-corrected chi connectivity index (χ3v) is 3.99. The molecule has 1 N–H and O–H groups in total. The third-order valence-electron chi connectivity index (χ3n) is 3.99. The molecule has 1 fully saturated rings. The molecule has 1 amide bonds. The molecule has 25 heavy (non-hydrogen) atoms. The molecule has 0 aromatic carbocycles. The Kier molecular flexibility index (Phi) is 9.54. The normalized spacial score (nSPS) is 14.8. The molecule has 2 heterocycles. The zero-order valence-corrected chi connectivity index (χ0v) is 17.5. The van der Waals surface area contributed by atoms with Crippen molar-refractivity contribution < 1.29 is 9.53 Å². The van der Waals surface area contributed by atoms with Gasteiger partial charge in [0.25, 0.3) is 0 Å². The van der Waals surface area contributed by atoms with Crippen LogP contribution in [0, 0.1) is 6.92 Å². The molecule has 1 aromatic heterocycles. The lowest BCUT2D eigenvalue weighted by molar-refractivity contribution is 0.0915. The van der Waals surface area contributed by atoms with Gasteiger partial charge in [-0.25, -0.2) is 4.79 Å². The van der Waals surface area contributed by atoms with E-state index in [1.54, 1.807) is 11.9 Å². The highest BCUT2D eigenvalue weighted by atomic mass is 127. The minimum absolute atomic E-state index is 0. The van der Waals surface area contributed by atoms with Crippen LogP contribution in [0.5, 0.6) is 0 Å². The largest absolute Gasteiger partial charge is 0.450 e. The SMILES string of the molecule is CCOC(=O)N1CCN(C(=NC)NCCc2ccc(C)nc2)CC1.I. The lowest BCUT2D eigenvalue weighted by Crippen LogP contribution is -2.54. The van der Waals surface area contributed by atoms with Crippen LogP contribution in [-0.2, 0) is 11.2 Å². The molecule has 0 unspecified atom stereocenters. The van der Waals surface area contributed by atoms with Crippen molar-refractivity contribution in [2.75, 3.05) is 46.4 Å². The molecule has 1 aliphatic rings. The van der Waals surface area contributed by atoms with Crippen molar-refractivity contribution in [2.24, 2.45) is 4.99 Å². The highest BCUT2D eigenvalue weighted by molar-refractivity contribution is 14.0. The molecule has 0 spiro atoms. The fourth-order valence-corrected chi connectivity index (χ4v) is 2.61. The van der Waals surface area contributed by atoms with Crippen LogP contribution < -0.4 is 5.32 Å². The third kappa shape index (κ3) is 6.68. The smallest absolute Gasteiger partial charge is 0.409 e. The van der Waals surface area contributed by atoms with Crippen molar-refractivity contribution in [1.29, 1.82) is 0 Å². The van der Waals surface area contributed by atoms with E-state index in [2.05, 4.69) is 26.3 Å². The molecule has 0 atom stereocenters. The van der Waals surface area contributed by atoms with Crippen molar-refractivity contribution in [1.82, 2.24) is 20.1 Å². The van der Waals surface area contributed by atoms with Gasteiger partial charge in [-0.05, 0) is 31.9 Å². The van der Waals surface area contributed by atoms with E-state index in [9.17, 15) is 4.79 Å². The van der Waals surface area contributed by atoms with Gasteiger partial charge in [0.1, 0.15) is 0 Å². The Morgan fingerprint density at radius 3 is 2.52 bits per heavy atom. The van der Waals surface area contributed by atoms with Gasteiger partial charge in [-0.2, -0.15) is 0 Å². The van der Waals surface area contributed by atoms with E-state index in [4.69, 9.17) is 4.74 Å². The Hall–Kier alpha value is -1.58. The van der Waals surface area contributed by atoms with E-state index in [1.807, 2.05) is 26.1 Å². The van der Waals surface area contributed by atoms with Crippen LogP contribution in [0.2, 0.25) is 0 Å². The predicted octanol–water partition coefficient (Wildman–Crippen LogP) is 1.90. The van der Waals surface area contributed by atoms with E-state index in [-0.39, 0.29) is 30.1 Å². The first kappa shape index (κ1) is 21.5. The molecule has 2 rings (SSSR count). The van der Waals surface area contributed by atoms with Gasteiger partial charge in [0.2, 0.25) is 0 Å². The first-order valence-corrected chi connectivity index (χ1v) is 8.43. The monoisotopic (exact) mass is 461 g/mol. The summed E-state index contributed by atoms with van der Waals surface area (Å²) in [6, 6.07) is 4.13. The molecule has 1 aliphatic heterocycles. The van der Waals surface area contributed by atoms with E-state index >= 15 is 0 Å². The summed E-state index contributed by atoms with van der Waals surface area (Å²) < 4.78 is 5.04. The first-order valence-electron chi connectivity index (χ1n) is 8.43. The summed E-state index contributed by atoms with van der Waals surface area (Å²) in [6.45, 7) is 7.84. The number of carbonyl (C=O) groups excluding carboxylic acids is 1. The molecule has 1 aromatic rings. The summed E-state index contributed by atoms with van der Waals surface area (Å²) in [4.78, 5) is 24.3. The number of rotatable bonds is 4. The van der Waals surface area contributed by atoms with Gasteiger partial charge < -0.3 is 19.9 Å². The highest BCUT2D eigenvalue weighted by Gasteiger charge is 2.23. The topological polar surface area (TPSA) is 70.1 Å². The summed E-state index contributed by atoms with van der Waals surface area (Å²) in [5.41, 5.74) is 2.23. The van der Waals surface area contributed by atoms with Crippen molar-refractivity contribution >= 4 is 36.0 Å². The quantitative estimate of drug-likeness (QED) is 0.422. The van der Waals surface area contributed by atoms with Crippen LogP contribution in [0.1, 0.15) is 18.2 Å². The number of aliphatic imine (C=N–C) groups is 1. The van der Waals surface area contributed by atoms with Crippen LogP contribution in [0.25, 0.3) is 0 Å². The number of piperazine rings is 1. The number of carbonyl (C=O) groups is 1. The number of hydrogen-bond donors (Lipinski definition) is 1. The number of guanidine groups is 1. The van der Waals surface area contributed by atoms with E-state index in [0.29, 0.717) is 19.7 Å². The zero-order valence-electron chi connectivity index (χ0n) is 15.2. The number of aryl methyl sites for hydroxylation is 1. The molecule has 0 aliphatic carbocycles. The lowest BCUT2D eigenvalue weighted by Gasteiger charge is -2.35. The second-order valence-electron chi connectivity index (χ2n) is 5.70. The molecule has 8 heteroatoms. The zero-order chi connectivity index (χ0) is 17.4. The minimum Gasteiger partial charge on any atom is -0.450 e. The van der Waals surface area contributed by atoms with Crippen molar-refractivity contribution in [3.05, 3.63) is 29.6 Å². The Morgan fingerprint density at radius 2 is 1.96 bits per heavy atom. The molecule has 0 bridgehead atoms. The molecule has 1 saturated heterocycles. The van der Waals surface area contributed by atoms with E-state index < -0.39 is 0 Å². The number of ether oxygens (including phenoxy) is 1.